The van der Waals surface area contributed by atoms with Gasteiger partial charge in [-0.25, -0.2) is 4.52 Å². The number of hydrogen-bond donors (Lipinski definition) is 1. The largest absolute Gasteiger partial charge is 0.466 e. The van der Waals surface area contributed by atoms with Crippen LogP contribution in [-0.2, 0) is 0 Å². The molecule has 0 amide bonds. The van der Waals surface area contributed by atoms with Gasteiger partial charge in [-0.2, -0.15) is 4.98 Å². The number of rotatable bonds is 3. The zero-order valence-electron chi connectivity index (χ0n) is 11.5. The van der Waals surface area contributed by atoms with E-state index in [1.807, 2.05) is 38.2 Å². The van der Waals surface area contributed by atoms with Gasteiger partial charge in [0.1, 0.15) is 11.5 Å². The minimum absolute atomic E-state index is 0.0867. The van der Waals surface area contributed by atoms with Gasteiger partial charge in [-0.05, 0) is 54.9 Å². The first-order valence-electron chi connectivity index (χ1n) is 6.39. The van der Waals surface area contributed by atoms with Crippen LogP contribution in [0.4, 0.5) is 5.95 Å². The molecule has 3 rings (SSSR count). The van der Waals surface area contributed by atoms with E-state index in [0.29, 0.717) is 5.95 Å². The number of nitrogens with one attached hydrogen (secondary N) is 1. The standard InChI is InChI=1S/C14H15BrN4O/c1-8-7-11(10(3)20-8)9(2)16-14-17-13-12(15)5-4-6-19(13)18-14/h4-7,9H,1-3H3,(H,16,18). The maximum Gasteiger partial charge on any atom is 0.243 e. The summed E-state index contributed by atoms with van der Waals surface area (Å²) in [5, 5.41) is 7.71. The summed E-state index contributed by atoms with van der Waals surface area (Å²) in [4.78, 5) is 4.48. The highest BCUT2D eigenvalue weighted by atomic mass is 79.9. The molecule has 1 N–H and O–H groups in total. The van der Waals surface area contributed by atoms with Crippen LogP contribution < -0.4 is 5.32 Å². The van der Waals surface area contributed by atoms with Crippen LogP contribution >= 0.6 is 15.9 Å². The van der Waals surface area contributed by atoms with Gasteiger partial charge in [0.2, 0.25) is 5.95 Å². The van der Waals surface area contributed by atoms with Gasteiger partial charge in [0, 0.05) is 11.8 Å². The first kappa shape index (κ1) is 13.2. The molecule has 6 heteroatoms. The fraction of sp³-hybridized carbons (Fsp3) is 0.286. The number of furan rings is 1. The molecule has 0 aliphatic carbocycles. The summed E-state index contributed by atoms with van der Waals surface area (Å²) >= 11 is 3.47. The topological polar surface area (TPSA) is 55.4 Å². The molecule has 0 saturated heterocycles. The average Bonchev–Trinajstić information content (AvgIpc) is 2.93. The Kier molecular flexibility index (Phi) is 3.25. The second-order valence-electron chi connectivity index (χ2n) is 4.79. The molecule has 0 fully saturated rings. The van der Waals surface area contributed by atoms with Crippen LogP contribution in [0.3, 0.4) is 0 Å². The Bertz CT molecular complexity index is 762. The van der Waals surface area contributed by atoms with E-state index < -0.39 is 0 Å². The molecular formula is C14H15BrN4O. The number of anilines is 1. The lowest BCUT2D eigenvalue weighted by Crippen LogP contribution is -2.08. The molecule has 0 aliphatic rings. The predicted octanol–water partition coefficient (Wildman–Crippen LogP) is 3.87. The van der Waals surface area contributed by atoms with Crippen LogP contribution in [0.1, 0.15) is 30.0 Å². The Balaban J connectivity index is 1.89. The highest BCUT2D eigenvalue weighted by Crippen LogP contribution is 2.24. The van der Waals surface area contributed by atoms with Crippen molar-refractivity contribution in [2.75, 3.05) is 5.32 Å². The summed E-state index contributed by atoms with van der Waals surface area (Å²) in [6.07, 6.45) is 1.87. The van der Waals surface area contributed by atoms with Gasteiger partial charge in [0.15, 0.2) is 5.65 Å². The Morgan fingerprint density at radius 1 is 1.40 bits per heavy atom. The number of nitrogens with zero attached hydrogens (tertiary/aromatic N) is 3. The molecule has 20 heavy (non-hydrogen) atoms. The molecule has 3 heterocycles. The molecule has 104 valence electrons. The Morgan fingerprint density at radius 2 is 2.20 bits per heavy atom. The molecule has 0 aliphatic heterocycles. The van der Waals surface area contributed by atoms with Crippen molar-refractivity contribution in [2.24, 2.45) is 0 Å². The number of aryl methyl sites for hydroxylation is 2. The lowest BCUT2D eigenvalue weighted by Gasteiger charge is -2.10. The van der Waals surface area contributed by atoms with Crippen molar-refractivity contribution in [3.63, 3.8) is 0 Å². The molecule has 1 atom stereocenters. The van der Waals surface area contributed by atoms with E-state index in [9.17, 15) is 0 Å². The molecular weight excluding hydrogens is 320 g/mol. The maximum absolute atomic E-state index is 5.56. The molecule has 0 spiro atoms. The van der Waals surface area contributed by atoms with Crippen molar-refractivity contribution in [1.82, 2.24) is 14.6 Å². The fourth-order valence-electron chi connectivity index (χ4n) is 2.29. The monoisotopic (exact) mass is 334 g/mol. The molecule has 1 unspecified atom stereocenters. The van der Waals surface area contributed by atoms with Crippen molar-refractivity contribution < 1.29 is 4.42 Å². The third kappa shape index (κ3) is 2.31. The van der Waals surface area contributed by atoms with Gasteiger partial charge in [0.05, 0.1) is 10.5 Å². The van der Waals surface area contributed by atoms with Gasteiger partial charge < -0.3 is 9.73 Å². The van der Waals surface area contributed by atoms with Crippen molar-refractivity contribution >= 4 is 27.5 Å². The molecule has 3 aromatic heterocycles. The third-order valence-corrected chi connectivity index (χ3v) is 3.83. The first-order valence-corrected chi connectivity index (χ1v) is 7.18. The van der Waals surface area contributed by atoms with E-state index in [-0.39, 0.29) is 6.04 Å². The molecule has 3 aromatic rings. The quantitative estimate of drug-likeness (QED) is 0.789. The number of halogens is 1. The third-order valence-electron chi connectivity index (χ3n) is 3.21. The number of fused-ring (bicyclic) bond motifs is 1. The second-order valence-corrected chi connectivity index (χ2v) is 5.65. The summed E-state index contributed by atoms with van der Waals surface area (Å²) in [5.74, 6) is 2.44. The van der Waals surface area contributed by atoms with Gasteiger partial charge in [-0.15, -0.1) is 5.10 Å². The smallest absolute Gasteiger partial charge is 0.243 e. The van der Waals surface area contributed by atoms with Crippen molar-refractivity contribution in [3.8, 4) is 0 Å². The van der Waals surface area contributed by atoms with Crippen LogP contribution in [-0.4, -0.2) is 14.6 Å². The van der Waals surface area contributed by atoms with Crippen molar-refractivity contribution in [1.29, 1.82) is 0 Å². The minimum Gasteiger partial charge on any atom is -0.466 e. The number of hydrogen-bond acceptors (Lipinski definition) is 4. The molecule has 0 aromatic carbocycles. The minimum atomic E-state index is 0.0867. The van der Waals surface area contributed by atoms with E-state index in [4.69, 9.17) is 4.42 Å². The van der Waals surface area contributed by atoms with E-state index >= 15 is 0 Å². The predicted molar refractivity (Wildman–Crippen MR) is 80.9 cm³/mol. The Hall–Kier alpha value is -1.82. The van der Waals surface area contributed by atoms with Gasteiger partial charge in [0.25, 0.3) is 0 Å². The zero-order valence-corrected chi connectivity index (χ0v) is 13.1. The van der Waals surface area contributed by atoms with E-state index in [2.05, 4.69) is 38.3 Å². The molecule has 0 bridgehead atoms. The maximum atomic E-state index is 5.56. The van der Waals surface area contributed by atoms with Crippen molar-refractivity contribution in [3.05, 3.63) is 46.0 Å². The molecule has 5 nitrogen and oxygen atoms in total. The van der Waals surface area contributed by atoms with Crippen molar-refractivity contribution in [2.45, 2.75) is 26.8 Å². The normalized spacial score (nSPS) is 12.8. The SMILES string of the molecule is Cc1cc(C(C)Nc2nc3c(Br)cccn3n2)c(C)o1. The number of aromatic nitrogens is 3. The van der Waals surface area contributed by atoms with E-state index in [0.717, 1.165) is 27.2 Å². The van der Waals surface area contributed by atoms with Crippen LogP contribution in [0.15, 0.2) is 33.3 Å². The van der Waals surface area contributed by atoms with Crippen LogP contribution in [0.25, 0.3) is 5.65 Å². The summed E-state index contributed by atoms with van der Waals surface area (Å²) in [5.41, 5.74) is 1.92. The number of pyridine rings is 1. The lowest BCUT2D eigenvalue weighted by molar-refractivity contribution is 0.499. The summed E-state index contributed by atoms with van der Waals surface area (Å²) in [7, 11) is 0. The molecule has 0 saturated carbocycles. The summed E-state index contributed by atoms with van der Waals surface area (Å²) in [6.45, 7) is 5.98. The van der Waals surface area contributed by atoms with Crippen LogP contribution in [0.5, 0.6) is 0 Å². The van der Waals surface area contributed by atoms with Crippen LogP contribution in [0, 0.1) is 13.8 Å². The van der Waals surface area contributed by atoms with E-state index in [1.54, 1.807) is 4.52 Å². The molecule has 0 radical (unpaired) electrons. The highest BCUT2D eigenvalue weighted by Gasteiger charge is 2.15. The lowest BCUT2D eigenvalue weighted by atomic mass is 10.1. The summed E-state index contributed by atoms with van der Waals surface area (Å²) in [6, 6.07) is 5.99. The highest BCUT2D eigenvalue weighted by molar-refractivity contribution is 9.10. The van der Waals surface area contributed by atoms with Gasteiger partial charge in [-0.3, -0.25) is 0 Å². The zero-order chi connectivity index (χ0) is 14.3. The van der Waals surface area contributed by atoms with Crippen LogP contribution in [0.2, 0.25) is 0 Å². The first-order chi connectivity index (χ1) is 9.54. The average molecular weight is 335 g/mol. The Morgan fingerprint density at radius 3 is 2.85 bits per heavy atom. The van der Waals surface area contributed by atoms with Gasteiger partial charge >= 0.3 is 0 Å². The second kappa shape index (κ2) is 4.94. The van der Waals surface area contributed by atoms with Gasteiger partial charge in [-0.1, -0.05) is 0 Å². The van der Waals surface area contributed by atoms with E-state index in [1.165, 1.54) is 0 Å². The Labute approximate surface area is 125 Å². The fourth-order valence-corrected chi connectivity index (χ4v) is 2.71. The summed E-state index contributed by atoms with van der Waals surface area (Å²) < 4.78 is 8.22.